The molecule has 3 saturated carbocycles. The minimum atomic E-state index is -3.97. The quantitative estimate of drug-likeness (QED) is 0.218. The number of ether oxygens (including phenoxy) is 1. The fourth-order valence-electron chi connectivity index (χ4n) is 6.06. The number of alkyl carbamates (subject to hydrolysis) is 1. The third-order valence-electron chi connectivity index (χ3n) is 8.24. The predicted octanol–water partition coefficient (Wildman–Crippen LogP) is 6.08. The maximum atomic E-state index is 13.7. The van der Waals surface area contributed by atoms with E-state index in [0.29, 0.717) is 16.9 Å². The Morgan fingerprint density at radius 2 is 1.73 bits per heavy atom. The third-order valence-corrected chi connectivity index (χ3v) is 11.3. The number of amides is 3. The van der Waals surface area contributed by atoms with Crippen LogP contribution in [0.5, 0.6) is 0 Å². The van der Waals surface area contributed by atoms with Crippen molar-refractivity contribution in [2.45, 2.75) is 107 Å². The zero-order chi connectivity index (χ0) is 32.5. The fraction of sp³-hybridized carbons (Fsp3) is 0.500. The molecule has 0 radical (unpaired) electrons. The van der Waals surface area contributed by atoms with E-state index in [4.69, 9.17) is 9.72 Å². The molecule has 11 nitrogen and oxygen atoms in total. The van der Waals surface area contributed by atoms with Gasteiger partial charge in [0.25, 0.3) is 0 Å². The molecule has 3 aromatic rings. The first-order chi connectivity index (χ1) is 21.2. The Bertz CT molecular complexity index is 1630. The molecule has 242 valence electrons. The first-order valence-corrected chi connectivity index (χ1v) is 17.6. The number of anilines is 1. The Labute approximate surface area is 269 Å². The molecule has 4 N–H and O–H groups in total. The van der Waals surface area contributed by atoms with Gasteiger partial charge in [-0.25, -0.2) is 27.7 Å². The highest BCUT2D eigenvalue weighted by molar-refractivity contribution is 7.89. The second-order valence-corrected chi connectivity index (χ2v) is 16.1. The number of nitrogens with zero attached hydrogens (tertiary/aromatic N) is 2. The van der Waals surface area contributed by atoms with Gasteiger partial charge in [0.2, 0.25) is 10.0 Å². The number of aromatic nitrogens is 2. The molecule has 3 aliphatic rings. The Kier molecular flexibility index (Phi) is 9.25. The molecular weight excluding hydrogens is 613 g/mol. The number of pyridine rings is 1. The van der Waals surface area contributed by atoms with Crippen molar-refractivity contribution in [1.82, 2.24) is 25.3 Å². The van der Waals surface area contributed by atoms with Crippen LogP contribution in [0.4, 0.5) is 15.3 Å². The maximum Gasteiger partial charge on any atom is 0.407 e. The molecule has 3 amide bonds. The number of rotatable bonds is 9. The molecule has 2 heterocycles. The van der Waals surface area contributed by atoms with Crippen LogP contribution >= 0.6 is 11.3 Å². The van der Waals surface area contributed by atoms with Crippen molar-refractivity contribution >= 4 is 39.2 Å². The lowest BCUT2D eigenvalue weighted by atomic mass is 9.59. The van der Waals surface area contributed by atoms with Crippen molar-refractivity contribution in [2.75, 3.05) is 5.32 Å². The number of urea groups is 1. The van der Waals surface area contributed by atoms with E-state index in [1.807, 2.05) is 19.9 Å². The fourth-order valence-corrected chi connectivity index (χ4v) is 9.02. The van der Waals surface area contributed by atoms with Gasteiger partial charge in [0, 0.05) is 40.6 Å². The summed E-state index contributed by atoms with van der Waals surface area (Å²) in [6, 6.07) is 9.87. The lowest BCUT2D eigenvalue weighted by Gasteiger charge is -2.51. The number of hydrogen-bond acceptors (Lipinski definition) is 8. The zero-order valence-electron chi connectivity index (χ0n) is 26.4. The molecule has 0 saturated heterocycles. The van der Waals surface area contributed by atoms with Crippen molar-refractivity contribution in [2.24, 2.45) is 0 Å². The topological polar surface area (TPSA) is 151 Å². The number of benzene rings is 1. The average Bonchev–Trinajstić information content (AvgIpc) is 3.47. The number of thiazole rings is 1. The summed E-state index contributed by atoms with van der Waals surface area (Å²) in [6.07, 6.45) is 7.89. The van der Waals surface area contributed by atoms with Gasteiger partial charge in [-0.05, 0) is 97.4 Å². The summed E-state index contributed by atoms with van der Waals surface area (Å²) in [5.41, 5.74) is 0.272. The van der Waals surface area contributed by atoms with E-state index in [2.05, 4.69) is 25.7 Å². The molecule has 6 rings (SSSR count). The van der Waals surface area contributed by atoms with Gasteiger partial charge in [0.05, 0.1) is 27.0 Å². The van der Waals surface area contributed by atoms with Crippen LogP contribution in [0, 0.1) is 0 Å². The second kappa shape index (κ2) is 12.7. The smallest absolute Gasteiger partial charge is 0.407 e. The zero-order valence-corrected chi connectivity index (χ0v) is 28.0. The molecule has 1 aromatic carbocycles. The van der Waals surface area contributed by atoms with Gasteiger partial charge in [0.1, 0.15) is 5.60 Å². The van der Waals surface area contributed by atoms with Crippen LogP contribution < -0.4 is 20.7 Å². The molecule has 0 unspecified atom stereocenters. The Balaban J connectivity index is 1.37. The van der Waals surface area contributed by atoms with Gasteiger partial charge >= 0.3 is 12.1 Å². The largest absolute Gasteiger partial charge is 0.443 e. The highest BCUT2D eigenvalue weighted by atomic mass is 32.2. The molecular formula is C32H42N6O5S2. The van der Waals surface area contributed by atoms with Crippen molar-refractivity contribution in [3.63, 3.8) is 0 Å². The van der Waals surface area contributed by atoms with Crippen LogP contribution in [0.1, 0.15) is 83.8 Å². The van der Waals surface area contributed by atoms with Crippen LogP contribution in [0.2, 0.25) is 0 Å². The first-order valence-electron chi connectivity index (χ1n) is 15.3. The van der Waals surface area contributed by atoms with E-state index in [0.717, 1.165) is 48.4 Å². The van der Waals surface area contributed by atoms with Crippen LogP contribution in [0.15, 0.2) is 53.7 Å². The Morgan fingerprint density at radius 1 is 1.02 bits per heavy atom. The second-order valence-electron chi connectivity index (χ2n) is 13.4. The highest BCUT2D eigenvalue weighted by Crippen LogP contribution is 2.56. The minimum Gasteiger partial charge on any atom is -0.443 e. The highest BCUT2D eigenvalue weighted by Gasteiger charge is 2.53. The van der Waals surface area contributed by atoms with Crippen molar-refractivity contribution in [3.05, 3.63) is 59.5 Å². The van der Waals surface area contributed by atoms with Gasteiger partial charge in [-0.1, -0.05) is 12.1 Å². The number of hydrogen-bond donors (Lipinski definition) is 4. The summed E-state index contributed by atoms with van der Waals surface area (Å²) in [6.45, 7) is 9.39. The van der Waals surface area contributed by atoms with E-state index in [9.17, 15) is 18.0 Å². The van der Waals surface area contributed by atoms with Crippen LogP contribution in [-0.2, 0) is 26.7 Å². The summed E-state index contributed by atoms with van der Waals surface area (Å²) in [5, 5.41) is 9.30. The van der Waals surface area contributed by atoms with Gasteiger partial charge in [-0.15, -0.1) is 11.3 Å². The molecule has 13 heteroatoms. The molecule has 45 heavy (non-hydrogen) atoms. The van der Waals surface area contributed by atoms with E-state index in [-0.39, 0.29) is 29.0 Å². The summed E-state index contributed by atoms with van der Waals surface area (Å²) in [7, 11) is -3.97. The molecule has 2 bridgehead atoms. The summed E-state index contributed by atoms with van der Waals surface area (Å²) in [5.74, 6) is 0. The number of sulfonamides is 1. The van der Waals surface area contributed by atoms with Crippen molar-refractivity contribution in [3.8, 4) is 10.4 Å². The summed E-state index contributed by atoms with van der Waals surface area (Å²) in [4.78, 5) is 34.8. The van der Waals surface area contributed by atoms with Gasteiger partial charge < -0.3 is 20.7 Å². The number of nitrogens with one attached hydrogen (secondary N) is 4. The lowest BCUT2D eigenvalue weighted by molar-refractivity contribution is -0.0750. The molecule has 3 fully saturated rings. The molecule has 0 atom stereocenters. The number of carbonyl (C=O) groups excluding carboxylic acids is 2. The van der Waals surface area contributed by atoms with Gasteiger partial charge in [-0.3, -0.25) is 4.98 Å². The summed E-state index contributed by atoms with van der Waals surface area (Å²) >= 11 is 1.51. The van der Waals surface area contributed by atoms with Crippen LogP contribution in [0.3, 0.4) is 0 Å². The maximum absolute atomic E-state index is 13.7. The van der Waals surface area contributed by atoms with E-state index < -0.39 is 27.2 Å². The Morgan fingerprint density at radius 3 is 2.36 bits per heavy atom. The molecule has 0 aliphatic heterocycles. The Hall–Kier alpha value is -3.55. The normalized spacial score (nSPS) is 21.4. The molecule has 3 aliphatic carbocycles. The molecule has 0 spiro atoms. The van der Waals surface area contributed by atoms with Crippen LogP contribution in [-0.4, -0.2) is 47.7 Å². The SMILES string of the molecule is CC(C)NC(=O)OC12CCC(c3ncc(-c4ccc(NC(=O)NCc5ccccn5)cc4S(=O)(=O)NC(C)(C)C)s3)(CC1)CC2. The summed E-state index contributed by atoms with van der Waals surface area (Å²) < 4.78 is 36.1. The van der Waals surface area contributed by atoms with E-state index in [1.165, 1.54) is 17.4 Å². The number of carbonyl (C=O) groups is 2. The third kappa shape index (κ3) is 7.82. The van der Waals surface area contributed by atoms with E-state index in [1.54, 1.807) is 57.4 Å². The molecule has 2 aromatic heterocycles. The van der Waals surface area contributed by atoms with Crippen molar-refractivity contribution < 1.29 is 22.7 Å². The predicted molar refractivity (Wildman–Crippen MR) is 175 cm³/mol. The lowest BCUT2D eigenvalue weighted by Crippen LogP contribution is -2.52. The minimum absolute atomic E-state index is 0.0143. The van der Waals surface area contributed by atoms with Crippen LogP contribution in [0.25, 0.3) is 10.4 Å². The van der Waals surface area contributed by atoms with Gasteiger partial charge in [0.15, 0.2) is 0 Å². The number of fused-ring (bicyclic) bond motifs is 3. The monoisotopic (exact) mass is 654 g/mol. The first kappa shape index (κ1) is 32.8. The van der Waals surface area contributed by atoms with Gasteiger partial charge in [-0.2, -0.15) is 0 Å². The van der Waals surface area contributed by atoms with Crippen molar-refractivity contribution in [1.29, 1.82) is 0 Å². The average molecular weight is 655 g/mol. The van der Waals surface area contributed by atoms with E-state index >= 15 is 0 Å². The standard InChI is InChI=1S/C32H42N6O5S2/c1-21(2)36-29(40)43-32-14-11-31(12-15-32,13-16-32)27-34-20-25(44-27)24-10-9-22(18-26(24)45(41,42)38-30(3,4)5)37-28(39)35-19-23-8-6-7-17-33-23/h6-10,17-18,20-21,38H,11-16,19H2,1-5H3,(H,36,40)(H2,35,37,39).